The fraction of sp³-hybridized carbons (Fsp3) is 0.188. The molecule has 0 spiro atoms. The van der Waals surface area contributed by atoms with Gasteiger partial charge in [0, 0.05) is 13.1 Å². The average molecular weight is 430 g/mol. The zero-order chi connectivity index (χ0) is 19.7. The van der Waals surface area contributed by atoms with Crippen LogP contribution < -0.4 is 10.0 Å². The van der Waals surface area contributed by atoms with Gasteiger partial charge in [0.15, 0.2) is 0 Å². The van der Waals surface area contributed by atoms with E-state index in [2.05, 4.69) is 10.0 Å². The highest BCUT2D eigenvalue weighted by molar-refractivity contribution is 7.92. The van der Waals surface area contributed by atoms with Gasteiger partial charge < -0.3 is 5.32 Å². The zero-order valence-electron chi connectivity index (χ0n) is 13.9. The molecular weight excluding hydrogens is 414 g/mol. The van der Waals surface area contributed by atoms with E-state index >= 15 is 0 Å². The van der Waals surface area contributed by atoms with E-state index in [1.807, 2.05) is 0 Å². The molecule has 0 saturated carbocycles. The van der Waals surface area contributed by atoms with Crippen molar-refractivity contribution in [1.82, 2.24) is 9.62 Å². The summed E-state index contributed by atoms with van der Waals surface area (Å²) in [5.41, 5.74) is 0.0671. The van der Waals surface area contributed by atoms with Crippen LogP contribution in [-0.2, 0) is 24.8 Å². The lowest BCUT2D eigenvalue weighted by molar-refractivity contribution is -0.122. The van der Waals surface area contributed by atoms with Crippen LogP contribution in [0.2, 0.25) is 5.02 Å². The molecule has 0 radical (unpaired) electrons. The van der Waals surface area contributed by atoms with E-state index in [4.69, 9.17) is 11.6 Å². The number of hydrogen-bond acceptors (Lipinski definition) is 5. The van der Waals surface area contributed by atoms with Gasteiger partial charge in [0.25, 0.3) is 10.0 Å². The first-order valence-electron chi connectivity index (χ1n) is 7.84. The van der Waals surface area contributed by atoms with E-state index in [1.54, 1.807) is 6.07 Å². The SMILES string of the molecule is O=C1CN(S(=O)(=O)c2cccc(NS(=O)(=O)c3ccccc3Cl)c2)CCN1. The molecule has 0 bridgehead atoms. The number of carbonyl (C=O) groups is 1. The van der Waals surface area contributed by atoms with Gasteiger partial charge in [-0.3, -0.25) is 9.52 Å². The van der Waals surface area contributed by atoms with Gasteiger partial charge in [-0.1, -0.05) is 29.8 Å². The van der Waals surface area contributed by atoms with E-state index in [0.717, 1.165) is 4.31 Å². The molecule has 0 aromatic heterocycles. The summed E-state index contributed by atoms with van der Waals surface area (Å²) < 4.78 is 53.9. The maximum Gasteiger partial charge on any atom is 0.263 e. The summed E-state index contributed by atoms with van der Waals surface area (Å²) in [6, 6.07) is 11.3. The summed E-state index contributed by atoms with van der Waals surface area (Å²) in [5.74, 6) is -0.389. The lowest BCUT2D eigenvalue weighted by atomic mass is 10.3. The van der Waals surface area contributed by atoms with Crippen molar-refractivity contribution in [2.24, 2.45) is 0 Å². The van der Waals surface area contributed by atoms with Gasteiger partial charge in [0.05, 0.1) is 22.2 Å². The molecule has 0 atom stereocenters. The quantitative estimate of drug-likeness (QED) is 0.743. The van der Waals surface area contributed by atoms with Crippen LogP contribution in [-0.4, -0.2) is 46.7 Å². The molecule has 1 heterocycles. The number of amides is 1. The topological polar surface area (TPSA) is 113 Å². The minimum Gasteiger partial charge on any atom is -0.354 e. The van der Waals surface area contributed by atoms with Gasteiger partial charge >= 0.3 is 0 Å². The van der Waals surface area contributed by atoms with Gasteiger partial charge in [0.2, 0.25) is 15.9 Å². The molecule has 2 aromatic rings. The van der Waals surface area contributed by atoms with Crippen LogP contribution in [0.4, 0.5) is 5.69 Å². The Labute approximate surface area is 162 Å². The molecule has 1 fully saturated rings. The van der Waals surface area contributed by atoms with Crippen molar-refractivity contribution in [2.45, 2.75) is 9.79 Å². The molecule has 2 N–H and O–H groups in total. The van der Waals surface area contributed by atoms with Crippen LogP contribution in [0.3, 0.4) is 0 Å². The Morgan fingerprint density at radius 2 is 1.78 bits per heavy atom. The van der Waals surface area contributed by atoms with E-state index < -0.39 is 20.0 Å². The minimum absolute atomic E-state index is 0.0492. The molecule has 11 heteroatoms. The van der Waals surface area contributed by atoms with Crippen LogP contribution in [0.1, 0.15) is 0 Å². The van der Waals surface area contributed by atoms with Crippen molar-refractivity contribution in [2.75, 3.05) is 24.4 Å². The third-order valence-corrected chi connectivity index (χ3v) is 7.58. The maximum atomic E-state index is 12.7. The van der Waals surface area contributed by atoms with Gasteiger partial charge in [-0.2, -0.15) is 4.31 Å². The Hall–Kier alpha value is -2.14. The first-order valence-corrected chi connectivity index (χ1v) is 11.1. The van der Waals surface area contributed by atoms with Gasteiger partial charge in [-0.05, 0) is 30.3 Å². The van der Waals surface area contributed by atoms with Crippen molar-refractivity contribution in [3.05, 3.63) is 53.6 Å². The molecule has 3 rings (SSSR count). The van der Waals surface area contributed by atoms with Crippen LogP contribution >= 0.6 is 11.6 Å². The largest absolute Gasteiger partial charge is 0.354 e. The Bertz CT molecular complexity index is 1090. The van der Waals surface area contributed by atoms with Crippen molar-refractivity contribution in [3.8, 4) is 0 Å². The van der Waals surface area contributed by atoms with Crippen molar-refractivity contribution < 1.29 is 21.6 Å². The van der Waals surface area contributed by atoms with E-state index in [9.17, 15) is 21.6 Å². The lowest BCUT2D eigenvalue weighted by Crippen LogP contribution is -2.49. The first kappa shape index (κ1) is 19.6. The standard InChI is InChI=1S/C16H16ClN3O5S2/c17-14-6-1-2-7-15(14)26(22,23)19-12-4-3-5-13(10-12)27(24,25)20-9-8-18-16(21)11-20/h1-7,10,19H,8-9,11H2,(H,18,21). The number of sulfonamides is 2. The number of carbonyl (C=O) groups excluding carboxylic acids is 1. The van der Waals surface area contributed by atoms with Gasteiger partial charge in [-0.25, -0.2) is 16.8 Å². The minimum atomic E-state index is -3.99. The summed E-state index contributed by atoms with van der Waals surface area (Å²) in [6.45, 7) is 0.0818. The lowest BCUT2D eigenvalue weighted by Gasteiger charge is -2.26. The second-order valence-corrected chi connectivity index (χ2v) is 9.75. The average Bonchev–Trinajstić information content (AvgIpc) is 2.62. The summed E-state index contributed by atoms with van der Waals surface area (Å²) in [6.07, 6.45) is 0. The molecule has 27 heavy (non-hydrogen) atoms. The van der Waals surface area contributed by atoms with Crippen LogP contribution in [0.5, 0.6) is 0 Å². The second kappa shape index (κ2) is 7.47. The van der Waals surface area contributed by atoms with Crippen molar-refractivity contribution >= 4 is 43.2 Å². The monoisotopic (exact) mass is 429 g/mol. The Morgan fingerprint density at radius 3 is 2.48 bits per heavy atom. The van der Waals surface area contributed by atoms with Crippen LogP contribution in [0.25, 0.3) is 0 Å². The molecule has 1 aliphatic heterocycles. The van der Waals surface area contributed by atoms with E-state index in [0.29, 0.717) is 0 Å². The van der Waals surface area contributed by atoms with Crippen molar-refractivity contribution in [1.29, 1.82) is 0 Å². The maximum absolute atomic E-state index is 12.7. The number of rotatable bonds is 5. The van der Waals surface area contributed by atoms with Gasteiger partial charge in [-0.15, -0.1) is 0 Å². The van der Waals surface area contributed by atoms with Crippen molar-refractivity contribution in [3.63, 3.8) is 0 Å². The molecule has 0 aliphatic carbocycles. The molecule has 0 unspecified atom stereocenters. The summed E-state index contributed by atoms with van der Waals surface area (Å²) >= 11 is 5.93. The number of hydrogen-bond donors (Lipinski definition) is 2. The molecule has 8 nitrogen and oxygen atoms in total. The second-order valence-electron chi connectivity index (χ2n) is 5.75. The Balaban J connectivity index is 1.90. The van der Waals surface area contributed by atoms with E-state index in [1.165, 1.54) is 42.5 Å². The summed E-state index contributed by atoms with van der Waals surface area (Å²) in [4.78, 5) is 11.2. The number of halogens is 1. The summed E-state index contributed by atoms with van der Waals surface area (Å²) in [5, 5.41) is 2.60. The predicted octanol–water partition coefficient (Wildman–Crippen LogP) is 1.26. The van der Waals surface area contributed by atoms with Crippen LogP contribution in [0, 0.1) is 0 Å². The van der Waals surface area contributed by atoms with Gasteiger partial charge in [0.1, 0.15) is 4.90 Å². The zero-order valence-corrected chi connectivity index (χ0v) is 16.3. The Kier molecular flexibility index (Phi) is 5.43. The highest BCUT2D eigenvalue weighted by atomic mass is 35.5. The Morgan fingerprint density at radius 1 is 1.04 bits per heavy atom. The molecule has 1 aliphatic rings. The molecule has 144 valence electrons. The highest BCUT2D eigenvalue weighted by Crippen LogP contribution is 2.25. The summed E-state index contributed by atoms with van der Waals surface area (Å²) in [7, 11) is -7.93. The highest BCUT2D eigenvalue weighted by Gasteiger charge is 2.29. The number of benzene rings is 2. The van der Waals surface area contributed by atoms with E-state index in [-0.39, 0.29) is 46.0 Å². The first-order chi connectivity index (χ1) is 12.7. The number of anilines is 1. The third kappa shape index (κ3) is 4.24. The van der Waals surface area contributed by atoms with Crippen LogP contribution in [0.15, 0.2) is 58.3 Å². The molecule has 1 amide bonds. The molecular formula is C16H16ClN3O5S2. The molecule has 2 aromatic carbocycles. The third-order valence-electron chi connectivity index (χ3n) is 3.85. The normalized spacial score (nSPS) is 16.0. The molecule has 1 saturated heterocycles. The fourth-order valence-electron chi connectivity index (χ4n) is 2.56. The fourth-order valence-corrected chi connectivity index (χ4v) is 5.58. The smallest absolute Gasteiger partial charge is 0.263 e. The number of nitrogens with zero attached hydrogens (tertiary/aromatic N) is 1. The number of nitrogens with one attached hydrogen (secondary N) is 2. The predicted molar refractivity (Wildman–Crippen MR) is 100 cm³/mol. The number of piperazine rings is 1.